The fourth-order valence-electron chi connectivity index (χ4n) is 2.28. The third-order valence-electron chi connectivity index (χ3n) is 3.33. The normalized spacial score (nSPS) is 21.1. The lowest BCUT2D eigenvalue weighted by Gasteiger charge is -2.43. The Morgan fingerprint density at radius 1 is 1.15 bits per heavy atom. The minimum absolute atomic E-state index is 0.338. The first kappa shape index (κ1) is 14.0. The molecule has 1 fully saturated rings. The zero-order valence-corrected chi connectivity index (χ0v) is 11.5. The van der Waals surface area contributed by atoms with Crippen molar-refractivity contribution in [2.45, 2.75) is 13.0 Å². The van der Waals surface area contributed by atoms with Crippen LogP contribution in [0.15, 0.2) is 24.3 Å². The Morgan fingerprint density at radius 2 is 1.75 bits per heavy atom. The first-order chi connectivity index (χ1) is 9.51. The predicted octanol–water partition coefficient (Wildman–Crippen LogP) is 0.789. The Morgan fingerprint density at radius 3 is 2.20 bits per heavy atom. The molecule has 0 bridgehead atoms. The maximum absolute atomic E-state index is 12.1. The Kier molecular flexibility index (Phi) is 3.74. The van der Waals surface area contributed by atoms with Crippen LogP contribution in [0.3, 0.4) is 0 Å². The van der Waals surface area contributed by atoms with Crippen LogP contribution in [0, 0.1) is 5.92 Å². The number of rotatable bonds is 4. The molecule has 0 spiro atoms. The van der Waals surface area contributed by atoms with Crippen molar-refractivity contribution in [1.82, 2.24) is 0 Å². The molecule has 6 nitrogen and oxygen atoms in total. The van der Waals surface area contributed by atoms with Crippen molar-refractivity contribution in [3.05, 3.63) is 24.3 Å². The lowest BCUT2D eigenvalue weighted by Crippen LogP contribution is -2.67. The number of hydrogen-bond donors (Lipinski definition) is 0. The summed E-state index contributed by atoms with van der Waals surface area (Å²) in [7, 11) is 2.77. The maximum atomic E-state index is 12.1. The summed E-state index contributed by atoms with van der Waals surface area (Å²) in [6.45, 7) is 1.30. The summed E-state index contributed by atoms with van der Waals surface area (Å²) >= 11 is 0. The van der Waals surface area contributed by atoms with E-state index in [4.69, 9.17) is 4.74 Å². The van der Waals surface area contributed by atoms with Crippen molar-refractivity contribution < 1.29 is 23.9 Å². The van der Waals surface area contributed by atoms with Crippen LogP contribution < -0.4 is 9.64 Å². The van der Waals surface area contributed by atoms with Crippen LogP contribution in [-0.2, 0) is 19.1 Å². The first-order valence-electron chi connectivity index (χ1n) is 6.06. The second kappa shape index (κ2) is 5.32. The number of ketones is 1. The van der Waals surface area contributed by atoms with Gasteiger partial charge in [-0.05, 0) is 31.2 Å². The van der Waals surface area contributed by atoms with Crippen molar-refractivity contribution in [2.24, 2.45) is 5.92 Å². The zero-order chi connectivity index (χ0) is 14.9. The highest BCUT2D eigenvalue weighted by Crippen LogP contribution is 2.34. The van der Waals surface area contributed by atoms with Gasteiger partial charge in [-0.2, -0.15) is 0 Å². The summed E-state index contributed by atoms with van der Waals surface area (Å²) in [6.07, 6.45) is 0. The summed E-state index contributed by atoms with van der Waals surface area (Å²) in [5.74, 6) is -1.64. The van der Waals surface area contributed by atoms with Crippen LogP contribution in [0.5, 0.6) is 5.75 Å². The number of β-lactam (4-membered cyclic amide) rings is 1. The van der Waals surface area contributed by atoms with Crippen molar-refractivity contribution in [2.75, 3.05) is 19.1 Å². The number of ether oxygens (including phenoxy) is 2. The van der Waals surface area contributed by atoms with Crippen molar-refractivity contribution in [3.63, 3.8) is 0 Å². The Hall–Kier alpha value is -2.37. The molecule has 0 radical (unpaired) electrons. The molecule has 0 aliphatic carbocycles. The predicted molar refractivity (Wildman–Crippen MR) is 70.5 cm³/mol. The molecule has 6 heteroatoms. The molecular formula is C14H15NO5. The number of hydrogen-bond acceptors (Lipinski definition) is 5. The molecule has 0 unspecified atom stereocenters. The Bertz CT molecular complexity index is 551. The van der Waals surface area contributed by atoms with Crippen LogP contribution in [0.2, 0.25) is 0 Å². The lowest BCUT2D eigenvalue weighted by molar-refractivity contribution is -0.155. The van der Waals surface area contributed by atoms with E-state index in [-0.39, 0.29) is 5.78 Å². The van der Waals surface area contributed by atoms with E-state index < -0.39 is 23.8 Å². The molecule has 1 aliphatic heterocycles. The van der Waals surface area contributed by atoms with Gasteiger partial charge in [0.25, 0.3) is 0 Å². The van der Waals surface area contributed by atoms with Gasteiger partial charge in [0, 0.05) is 5.69 Å². The third-order valence-corrected chi connectivity index (χ3v) is 3.33. The van der Waals surface area contributed by atoms with Crippen LogP contribution >= 0.6 is 0 Å². The van der Waals surface area contributed by atoms with E-state index in [0.717, 1.165) is 0 Å². The molecule has 0 aromatic heterocycles. The molecule has 106 valence electrons. The minimum Gasteiger partial charge on any atom is -0.497 e. The van der Waals surface area contributed by atoms with Gasteiger partial charge in [-0.1, -0.05) is 0 Å². The molecule has 0 N–H and O–H groups in total. The van der Waals surface area contributed by atoms with Crippen molar-refractivity contribution in [1.29, 1.82) is 0 Å². The SMILES string of the molecule is COC(=O)[C@@H]1[C@@H](C(C)=O)C(=O)N1c1ccc(OC)cc1. The van der Waals surface area contributed by atoms with Crippen LogP contribution in [-0.4, -0.2) is 37.9 Å². The average molecular weight is 277 g/mol. The number of Topliss-reactive ketones (excluding diaryl/α,β-unsaturated/α-hetero) is 1. The van der Waals surface area contributed by atoms with Crippen LogP contribution in [0.4, 0.5) is 5.69 Å². The number of amides is 1. The standard InChI is InChI=1S/C14H15NO5/c1-8(16)11-12(14(18)20-3)15(13(11)17)9-4-6-10(19-2)7-5-9/h4-7,11-12H,1-3H3/t11-,12+/m1/s1. The Labute approximate surface area is 116 Å². The molecule has 1 amide bonds. The molecular weight excluding hydrogens is 262 g/mol. The highest BCUT2D eigenvalue weighted by atomic mass is 16.5. The number of methoxy groups -OCH3 is 2. The second-order valence-corrected chi connectivity index (χ2v) is 4.46. The number of esters is 1. The van der Waals surface area contributed by atoms with E-state index in [2.05, 4.69) is 4.74 Å². The highest BCUT2D eigenvalue weighted by Gasteiger charge is 2.55. The van der Waals surface area contributed by atoms with Gasteiger partial charge in [-0.3, -0.25) is 14.5 Å². The summed E-state index contributed by atoms with van der Waals surface area (Å²) in [5.41, 5.74) is 0.531. The van der Waals surface area contributed by atoms with Gasteiger partial charge in [0.05, 0.1) is 14.2 Å². The van der Waals surface area contributed by atoms with E-state index in [9.17, 15) is 14.4 Å². The fourth-order valence-corrected chi connectivity index (χ4v) is 2.28. The van der Waals surface area contributed by atoms with E-state index in [0.29, 0.717) is 11.4 Å². The van der Waals surface area contributed by atoms with E-state index >= 15 is 0 Å². The lowest BCUT2D eigenvalue weighted by atomic mass is 9.83. The average Bonchev–Trinajstić information content (AvgIpc) is 2.44. The second-order valence-electron chi connectivity index (χ2n) is 4.46. The highest BCUT2D eigenvalue weighted by molar-refractivity contribution is 6.20. The van der Waals surface area contributed by atoms with Gasteiger partial charge in [0.2, 0.25) is 5.91 Å². The Balaban J connectivity index is 2.31. The number of anilines is 1. The molecule has 0 saturated carbocycles. The van der Waals surface area contributed by atoms with Gasteiger partial charge in [-0.15, -0.1) is 0 Å². The van der Waals surface area contributed by atoms with Crippen molar-refractivity contribution >= 4 is 23.3 Å². The summed E-state index contributed by atoms with van der Waals surface area (Å²) < 4.78 is 9.70. The monoisotopic (exact) mass is 277 g/mol. The smallest absolute Gasteiger partial charge is 0.330 e. The molecule has 2 rings (SSSR count). The van der Waals surface area contributed by atoms with E-state index in [1.54, 1.807) is 24.3 Å². The molecule has 1 saturated heterocycles. The molecule has 2 atom stereocenters. The zero-order valence-electron chi connectivity index (χ0n) is 11.5. The third kappa shape index (κ3) is 2.13. The minimum atomic E-state index is -0.954. The summed E-state index contributed by atoms with van der Waals surface area (Å²) in [6, 6.07) is 5.78. The number of carbonyl (C=O) groups excluding carboxylic acids is 3. The molecule has 1 aliphatic rings. The molecule has 1 aromatic rings. The van der Waals surface area contributed by atoms with Gasteiger partial charge >= 0.3 is 5.97 Å². The van der Waals surface area contributed by atoms with E-state index in [1.165, 1.54) is 26.0 Å². The number of benzene rings is 1. The molecule has 1 aromatic carbocycles. The molecule has 1 heterocycles. The first-order valence-corrected chi connectivity index (χ1v) is 6.06. The van der Waals surface area contributed by atoms with Crippen LogP contribution in [0.25, 0.3) is 0 Å². The topological polar surface area (TPSA) is 72.9 Å². The largest absolute Gasteiger partial charge is 0.497 e. The van der Waals surface area contributed by atoms with Gasteiger partial charge < -0.3 is 9.47 Å². The van der Waals surface area contributed by atoms with Gasteiger partial charge in [0.1, 0.15) is 17.5 Å². The summed E-state index contributed by atoms with van der Waals surface area (Å²) in [5, 5.41) is 0. The fraction of sp³-hybridized carbons (Fsp3) is 0.357. The van der Waals surface area contributed by atoms with Gasteiger partial charge in [0.15, 0.2) is 6.04 Å². The van der Waals surface area contributed by atoms with E-state index in [1.807, 2.05) is 0 Å². The van der Waals surface area contributed by atoms with Gasteiger partial charge in [-0.25, -0.2) is 4.79 Å². The quantitative estimate of drug-likeness (QED) is 0.462. The summed E-state index contributed by atoms with van der Waals surface area (Å²) in [4.78, 5) is 36.6. The maximum Gasteiger partial charge on any atom is 0.330 e. The van der Waals surface area contributed by atoms with Crippen LogP contribution in [0.1, 0.15) is 6.92 Å². The van der Waals surface area contributed by atoms with Crippen molar-refractivity contribution in [3.8, 4) is 5.75 Å². The number of nitrogens with zero attached hydrogens (tertiary/aromatic N) is 1. The number of carbonyl (C=O) groups is 3. The molecule has 20 heavy (non-hydrogen) atoms.